The molecule has 0 radical (unpaired) electrons. The Morgan fingerprint density at radius 1 is 0.500 bits per heavy atom. The molecule has 0 aliphatic heterocycles. The second-order valence-electron chi connectivity index (χ2n) is 24.5. The van der Waals surface area contributed by atoms with Gasteiger partial charge in [-0.05, 0) is 128 Å². The Labute approximate surface area is 459 Å². The minimum absolute atomic E-state index is 0. The number of aromatic hydroxyl groups is 1. The molecule has 0 spiro atoms. The van der Waals surface area contributed by atoms with Crippen molar-refractivity contribution in [2.75, 3.05) is 0 Å². The number of imidazole rings is 1. The van der Waals surface area contributed by atoms with E-state index in [4.69, 9.17) is 9.97 Å². The molecule has 0 saturated heterocycles. The average molecular weight is 1160 g/mol. The van der Waals surface area contributed by atoms with Crippen molar-refractivity contribution in [1.29, 1.82) is 0 Å². The molecule has 0 fully saturated rings. The Morgan fingerprint density at radius 2 is 1.08 bits per heavy atom. The normalized spacial score (nSPS) is 13.3. The van der Waals surface area contributed by atoms with Crippen LogP contribution in [0.15, 0.2) is 152 Å². The fourth-order valence-corrected chi connectivity index (χ4v) is 9.60. The predicted molar refractivity (Wildman–Crippen MR) is 307 cm³/mol. The van der Waals surface area contributed by atoms with Crippen LogP contribution in [0.2, 0.25) is 0 Å². The number of rotatable bonds is 8. The van der Waals surface area contributed by atoms with Gasteiger partial charge in [0.1, 0.15) is 11.6 Å². The number of hydrogen-bond donors (Lipinski definition) is 2. The molecular weight excluding hydrogens is 1090 g/mol. The van der Waals surface area contributed by atoms with Gasteiger partial charge in [-0.1, -0.05) is 203 Å². The molecule has 74 heavy (non-hydrogen) atoms. The second kappa shape index (κ2) is 19.7. The molecule has 0 saturated carbocycles. The maximum Gasteiger partial charge on any atom is 0.148 e. The summed E-state index contributed by atoms with van der Waals surface area (Å²) in [5.74, 6) is 0.518. The molecule has 0 unspecified atom stereocenters. The van der Waals surface area contributed by atoms with Crippen LogP contribution in [0.1, 0.15) is 134 Å². The summed E-state index contributed by atoms with van der Waals surface area (Å²) in [6.45, 7) is 27.0. The van der Waals surface area contributed by atoms with E-state index in [1.54, 1.807) is 13.8 Å². The molecule has 2 heterocycles. The van der Waals surface area contributed by atoms with E-state index in [1.165, 1.54) is 11.1 Å². The number of aryl methyl sites for hydroxylation is 1. The average Bonchev–Trinajstić information content (AvgIpc) is 3.74. The van der Waals surface area contributed by atoms with Gasteiger partial charge >= 0.3 is 0 Å². The van der Waals surface area contributed by atoms with E-state index in [9.17, 15) is 14.3 Å². The quantitative estimate of drug-likeness (QED) is 0.149. The smallest absolute Gasteiger partial charge is 0.148 e. The molecule has 0 amide bonds. The van der Waals surface area contributed by atoms with Crippen molar-refractivity contribution in [3.63, 3.8) is 0 Å². The number of aromatic nitrogens is 3. The zero-order chi connectivity index (χ0) is 55.1. The van der Waals surface area contributed by atoms with Gasteiger partial charge in [-0.25, -0.2) is 4.98 Å². The van der Waals surface area contributed by atoms with Crippen molar-refractivity contribution in [2.45, 2.75) is 131 Å². The molecule has 382 valence electrons. The first-order valence-electron chi connectivity index (χ1n) is 27.0. The third-order valence-corrected chi connectivity index (χ3v) is 14.2. The van der Waals surface area contributed by atoms with E-state index in [-0.39, 0.29) is 48.6 Å². The monoisotopic (exact) mass is 1160 g/mol. The Balaban J connectivity index is 0.00000784. The summed E-state index contributed by atoms with van der Waals surface area (Å²) in [4.78, 5) is 10.5. The number of benzene rings is 7. The molecule has 0 aliphatic carbocycles. The summed E-state index contributed by atoms with van der Waals surface area (Å²) in [5.41, 5.74) is 14.1. The predicted octanol–water partition coefficient (Wildman–Crippen LogP) is 17.7. The summed E-state index contributed by atoms with van der Waals surface area (Å²) >= 11 is 0. The van der Waals surface area contributed by atoms with Gasteiger partial charge in [0.25, 0.3) is 0 Å². The van der Waals surface area contributed by atoms with E-state index in [0.29, 0.717) is 28.1 Å². The van der Waals surface area contributed by atoms with Crippen LogP contribution in [0.3, 0.4) is 0 Å². The zero-order valence-electron chi connectivity index (χ0n) is 48.5. The number of nitrogens with zero attached hydrogens (tertiary/aromatic N) is 3. The summed E-state index contributed by atoms with van der Waals surface area (Å²) in [6.07, 6.45) is 1.81. The number of fused-ring (bicyclic) bond motifs is 1. The van der Waals surface area contributed by atoms with Crippen LogP contribution in [0.4, 0.5) is 0 Å². The van der Waals surface area contributed by atoms with E-state index in [2.05, 4.69) is 144 Å². The number of hydrogen-bond acceptors (Lipinski definition) is 4. The van der Waals surface area contributed by atoms with Gasteiger partial charge in [0.05, 0.1) is 27.9 Å². The van der Waals surface area contributed by atoms with Gasteiger partial charge in [0, 0.05) is 42.6 Å². The summed E-state index contributed by atoms with van der Waals surface area (Å²) < 4.78 is 29.7. The number of pyridine rings is 1. The first kappa shape index (κ1) is 49.8. The number of phenolic OH excluding ortho intramolecular Hbond substituents is 1. The molecular formula is C68H72N3O2Pt-. The van der Waals surface area contributed by atoms with Crippen molar-refractivity contribution >= 4 is 11.0 Å². The molecule has 9 aromatic rings. The first-order chi connectivity index (χ1) is 35.4. The second-order valence-corrected chi connectivity index (χ2v) is 24.5. The maximum absolute atomic E-state index is 12.6. The van der Waals surface area contributed by atoms with Gasteiger partial charge in [-0.2, -0.15) is 0 Å². The Hall–Kier alpha value is -6.39. The largest absolute Gasteiger partial charge is 0.507 e. The fraction of sp³-hybridized carbons (Fsp3) is 0.294. The zero-order valence-corrected chi connectivity index (χ0v) is 47.8. The van der Waals surface area contributed by atoms with Crippen molar-refractivity contribution in [3.8, 4) is 78.6 Å². The molecule has 9 rings (SSSR count). The first-order valence-corrected chi connectivity index (χ1v) is 25.5. The van der Waals surface area contributed by atoms with Gasteiger partial charge in [-0.3, -0.25) is 9.55 Å². The Morgan fingerprint density at radius 3 is 1.69 bits per heavy atom. The van der Waals surface area contributed by atoms with E-state index < -0.39 is 17.9 Å². The maximum atomic E-state index is 12.6. The van der Waals surface area contributed by atoms with Crippen LogP contribution in [-0.4, -0.2) is 24.7 Å². The minimum atomic E-state index is -2.55. The molecule has 2 N–H and O–H groups in total. The molecule has 0 bridgehead atoms. The van der Waals surface area contributed by atoms with Crippen LogP contribution < -0.4 is 0 Å². The van der Waals surface area contributed by atoms with Crippen LogP contribution >= 0.6 is 0 Å². The standard InChI is InChI=1S/C68H72N3O2.Pt/c1-42-32-45(48-36-52(64(2,3)4)39-53(37-48)65(5,6)7)26-29-59(42)71-60-23-19-22-55(61(60)70-63(71)56-40-54(66(8,9)10)41-57(62(56)72)67(11,12)13)49-33-47(43-20-17-16-18-21-43)34-50(35-49)58-38-46(30-31-69-58)44-24-27-51(28-25-44)68(14,15)73;/h16-34,36-41,72-73H,1-15H3;/q-1;/i1D3;. The molecule has 7 aromatic carbocycles. The molecule has 0 atom stereocenters. The van der Waals surface area contributed by atoms with Crippen LogP contribution in [0, 0.1) is 12.9 Å². The minimum Gasteiger partial charge on any atom is -0.507 e. The van der Waals surface area contributed by atoms with E-state index in [0.717, 1.165) is 72.5 Å². The van der Waals surface area contributed by atoms with Crippen molar-refractivity contribution in [3.05, 3.63) is 191 Å². The summed E-state index contributed by atoms with van der Waals surface area (Å²) in [5, 5.41) is 23.3. The van der Waals surface area contributed by atoms with Crippen molar-refractivity contribution < 1.29 is 35.4 Å². The third kappa shape index (κ3) is 10.9. The summed E-state index contributed by atoms with van der Waals surface area (Å²) in [7, 11) is 0. The van der Waals surface area contributed by atoms with E-state index >= 15 is 0 Å². The van der Waals surface area contributed by atoms with E-state index in [1.807, 2.05) is 102 Å². The van der Waals surface area contributed by atoms with Crippen molar-refractivity contribution in [2.24, 2.45) is 0 Å². The molecule has 5 nitrogen and oxygen atoms in total. The van der Waals surface area contributed by atoms with Crippen LogP contribution in [0.5, 0.6) is 5.75 Å². The van der Waals surface area contributed by atoms with Gasteiger partial charge < -0.3 is 10.2 Å². The molecule has 0 aliphatic rings. The third-order valence-electron chi connectivity index (χ3n) is 14.2. The van der Waals surface area contributed by atoms with Gasteiger partial charge in [0.15, 0.2) is 0 Å². The number of phenols is 1. The van der Waals surface area contributed by atoms with Crippen molar-refractivity contribution in [1.82, 2.24) is 14.5 Å². The SMILES string of the molecule is [2H]C([2H])([2H])c1cc(-c2cc(C(C)(C)C)cc(C(C)(C)C)c2)ccc1-n1c(-c2cc(C(C)(C)C)cc(C(C)(C)C)c2O)nc2c(-c3[c-]c(-c4cc(-c5ccc(C(C)(C)O)cc5)ccn4)cc(-c4ccccc4)c3)cccc21.[Pt]. The molecule has 2 aromatic heterocycles. The number of para-hydroxylation sites is 1. The Bertz CT molecular complexity index is 3620. The van der Waals surface area contributed by atoms with Gasteiger partial charge in [0.2, 0.25) is 0 Å². The van der Waals surface area contributed by atoms with Crippen LogP contribution in [-0.2, 0) is 48.3 Å². The van der Waals surface area contributed by atoms with Gasteiger partial charge in [-0.15, -0.1) is 23.8 Å². The van der Waals surface area contributed by atoms with Crippen LogP contribution in [0.25, 0.3) is 83.9 Å². The summed E-state index contributed by atoms with van der Waals surface area (Å²) in [6, 6.07) is 52.8. The fourth-order valence-electron chi connectivity index (χ4n) is 9.60. The number of aliphatic hydroxyl groups is 1. The topological polar surface area (TPSA) is 71.2 Å². The Kier molecular flexibility index (Phi) is 13.3. The molecule has 6 heteroatoms.